The molecular weight excluding hydrogens is 184 g/mol. The van der Waals surface area contributed by atoms with Gasteiger partial charge in [0.25, 0.3) is 0 Å². The number of rotatable bonds is 5. The van der Waals surface area contributed by atoms with Crippen LogP contribution in [0.25, 0.3) is 0 Å². The Hall–Kier alpha value is -0.0800. The molecule has 1 aliphatic heterocycles. The van der Waals surface area contributed by atoms with Crippen molar-refractivity contribution in [2.45, 2.75) is 70.9 Å². The minimum absolute atomic E-state index is 0.372. The van der Waals surface area contributed by atoms with Crippen LogP contribution in [-0.4, -0.2) is 30.1 Å². The van der Waals surface area contributed by atoms with E-state index in [2.05, 4.69) is 18.7 Å². The zero-order chi connectivity index (χ0) is 11.1. The van der Waals surface area contributed by atoms with Crippen LogP contribution in [0.3, 0.4) is 0 Å². The zero-order valence-electron chi connectivity index (χ0n) is 10.5. The summed E-state index contributed by atoms with van der Waals surface area (Å²) >= 11 is 0. The van der Waals surface area contributed by atoms with Crippen LogP contribution < -0.4 is 5.73 Å². The Morgan fingerprint density at radius 1 is 1.33 bits per heavy atom. The summed E-state index contributed by atoms with van der Waals surface area (Å²) < 4.78 is 0. The first-order valence-electron chi connectivity index (χ1n) is 6.73. The van der Waals surface area contributed by atoms with Gasteiger partial charge in [-0.3, -0.25) is 0 Å². The zero-order valence-corrected chi connectivity index (χ0v) is 10.5. The van der Waals surface area contributed by atoms with Crippen LogP contribution >= 0.6 is 0 Å². The van der Waals surface area contributed by atoms with Gasteiger partial charge in [0.15, 0.2) is 0 Å². The first kappa shape index (κ1) is 13.0. The predicted molar refractivity (Wildman–Crippen MR) is 67.0 cm³/mol. The molecule has 1 aliphatic rings. The lowest BCUT2D eigenvalue weighted by Crippen LogP contribution is -2.35. The summed E-state index contributed by atoms with van der Waals surface area (Å²) in [5.74, 6) is 0. The molecule has 1 heterocycles. The van der Waals surface area contributed by atoms with E-state index in [1.54, 1.807) is 0 Å². The highest BCUT2D eigenvalue weighted by Crippen LogP contribution is 2.19. The van der Waals surface area contributed by atoms with Crippen LogP contribution in [0.2, 0.25) is 0 Å². The summed E-state index contributed by atoms with van der Waals surface area (Å²) in [6, 6.07) is 1.22. The van der Waals surface area contributed by atoms with Gasteiger partial charge >= 0.3 is 0 Å². The SMILES string of the molecule is CCC1CCCCCN1CCCC(C)N. The van der Waals surface area contributed by atoms with Crippen LogP contribution in [0.5, 0.6) is 0 Å². The molecular formula is C13H28N2. The van der Waals surface area contributed by atoms with Crippen molar-refractivity contribution in [1.29, 1.82) is 0 Å². The van der Waals surface area contributed by atoms with Gasteiger partial charge in [-0.2, -0.15) is 0 Å². The van der Waals surface area contributed by atoms with Crippen LogP contribution in [0.15, 0.2) is 0 Å². The third-order valence-corrected chi connectivity index (χ3v) is 3.58. The van der Waals surface area contributed by atoms with E-state index in [-0.39, 0.29) is 0 Å². The highest BCUT2D eigenvalue weighted by molar-refractivity contribution is 4.74. The van der Waals surface area contributed by atoms with E-state index in [1.165, 1.54) is 58.0 Å². The first-order chi connectivity index (χ1) is 7.24. The molecule has 2 heteroatoms. The van der Waals surface area contributed by atoms with E-state index in [1.807, 2.05) is 0 Å². The molecule has 0 spiro atoms. The van der Waals surface area contributed by atoms with Crippen LogP contribution in [-0.2, 0) is 0 Å². The Morgan fingerprint density at radius 3 is 2.80 bits per heavy atom. The molecule has 0 aromatic carbocycles. The summed E-state index contributed by atoms with van der Waals surface area (Å²) in [5.41, 5.74) is 5.79. The van der Waals surface area contributed by atoms with Crippen molar-refractivity contribution in [3.05, 3.63) is 0 Å². The van der Waals surface area contributed by atoms with Crippen molar-refractivity contribution in [1.82, 2.24) is 4.90 Å². The fourth-order valence-corrected chi connectivity index (χ4v) is 2.61. The van der Waals surface area contributed by atoms with E-state index in [0.717, 1.165) is 6.04 Å². The van der Waals surface area contributed by atoms with Crippen molar-refractivity contribution < 1.29 is 0 Å². The standard InChI is InChI=1S/C13H28N2/c1-3-13-9-5-4-6-10-15(13)11-7-8-12(2)14/h12-13H,3-11,14H2,1-2H3. The van der Waals surface area contributed by atoms with Gasteiger partial charge in [-0.05, 0) is 52.1 Å². The highest BCUT2D eigenvalue weighted by Gasteiger charge is 2.18. The molecule has 1 rings (SSSR count). The second-order valence-corrected chi connectivity index (χ2v) is 5.07. The summed E-state index contributed by atoms with van der Waals surface area (Å²) in [4.78, 5) is 2.70. The van der Waals surface area contributed by atoms with Crippen LogP contribution in [0.1, 0.15) is 58.8 Å². The Kier molecular flexibility index (Phi) is 6.26. The van der Waals surface area contributed by atoms with Crippen LogP contribution in [0, 0.1) is 0 Å². The predicted octanol–water partition coefficient (Wildman–Crippen LogP) is 2.77. The van der Waals surface area contributed by atoms with Crippen molar-refractivity contribution in [2.75, 3.05) is 13.1 Å². The molecule has 2 atom stereocenters. The molecule has 1 saturated heterocycles. The summed E-state index contributed by atoms with van der Waals surface area (Å²) in [5, 5.41) is 0. The molecule has 90 valence electrons. The molecule has 15 heavy (non-hydrogen) atoms. The number of nitrogens with zero attached hydrogens (tertiary/aromatic N) is 1. The fourth-order valence-electron chi connectivity index (χ4n) is 2.61. The normalized spacial score (nSPS) is 26.2. The van der Waals surface area contributed by atoms with Crippen molar-refractivity contribution >= 4 is 0 Å². The van der Waals surface area contributed by atoms with E-state index < -0.39 is 0 Å². The molecule has 2 unspecified atom stereocenters. The van der Waals surface area contributed by atoms with Crippen LogP contribution in [0.4, 0.5) is 0 Å². The quantitative estimate of drug-likeness (QED) is 0.759. The maximum absolute atomic E-state index is 5.79. The molecule has 0 aromatic rings. The van der Waals surface area contributed by atoms with Gasteiger partial charge in [-0.15, -0.1) is 0 Å². The third-order valence-electron chi connectivity index (χ3n) is 3.58. The minimum Gasteiger partial charge on any atom is -0.328 e. The summed E-state index contributed by atoms with van der Waals surface area (Å²) in [6.45, 7) is 7.02. The average Bonchev–Trinajstić information content (AvgIpc) is 2.42. The fraction of sp³-hybridized carbons (Fsp3) is 1.00. The third kappa shape index (κ3) is 4.98. The molecule has 1 fully saturated rings. The molecule has 0 aliphatic carbocycles. The maximum Gasteiger partial charge on any atom is 0.00926 e. The second kappa shape index (κ2) is 7.24. The smallest absolute Gasteiger partial charge is 0.00926 e. The number of hydrogen-bond acceptors (Lipinski definition) is 2. The Morgan fingerprint density at radius 2 is 2.13 bits per heavy atom. The van der Waals surface area contributed by atoms with Gasteiger partial charge in [0.05, 0.1) is 0 Å². The average molecular weight is 212 g/mol. The minimum atomic E-state index is 0.372. The number of likely N-dealkylation sites (tertiary alicyclic amines) is 1. The number of hydrogen-bond donors (Lipinski definition) is 1. The highest BCUT2D eigenvalue weighted by atomic mass is 15.1. The molecule has 0 saturated carbocycles. The topological polar surface area (TPSA) is 29.3 Å². The monoisotopic (exact) mass is 212 g/mol. The van der Waals surface area contributed by atoms with E-state index in [4.69, 9.17) is 5.73 Å². The van der Waals surface area contributed by atoms with E-state index >= 15 is 0 Å². The maximum atomic E-state index is 5.79. The van der Waals surface area contributed by atoms with Crippen molar-refractivity contribution in [3.63, 3.8) is 0 Å². The van der Waals surface area contributed by atoms with Gasteiger partial charge in [0.1, 0.15) is 0 Å². The molecule has 2 nitrogen and oxygen atoms in total. The lowest BCUT2D eigenvalue weighted by atomic mass is 10.1. The van der Waals surface area contributed by atoms with Gasteiger partial charge in [-0.25, -0.2) is 0 Å². The Bertz CT molecular complexity index is 157. The first-order valence-corrected chi connectivity index (χ1v) is 6.73. The van der Waals surface area contributed by atoms with Crippen molar-refractivity contribution in [3.8, 4) is 0 Å². The lowest BCUT2D eigenvalue weighted by molar-refractivity contribution is 0.190. The van der Waals surface area contributed by atoms with E-state index in [9.17, 15) is 0 Å². The molecule has 0 bridgehead atoms. The molecule has 0 amide bonds. The van der Waals surface area contributed by atoms with E-state index in [0.29, 0.717) is 6.04 Å². The largest absolute Gasteiger partial charge is 0.328 e. The Labute approximate surface area is 95.2 Å². The van der Waals surface area contributed by atoms with Gasteiger partial charge in [0, 0.05) is 12.1 Å². The lowest BCUT2D eigenvalue weighted by Gasteiger charge is -2.29. The summed E-state index contributed by atoms with van der Waals surface area (Å²) in [6.07, 6.45) is 9.44. The summed E-state index contributed by atoms with van der Waals surface area (Å²) in [7, 11) is 0. The second-order valence-electron chi connectivity index (χ2n) is 5.07. The van der Waals surface area contributed by atoms with Crippen molar-refractivity contribution in [2.24, 2.45) is 5.73 Å². The molecule has 0 radical (unpaired) electrons. The van der Waals surface area contributed by atoms with Gasteiger partial charge in [-0.1, -0.05) is 19.8 Å². The van der Waals surface area contributed by atoms with Gasteiger partial charge < -0.3 is 10.6 Å². The number of nitrogens with two attached hydrogens (primary N) is 1. The molecule has 2 N–H and O–H groups in total. The molecule has 0 aromatic heterocycles. The van der Waals surface area contributed by atoms with Gasteiger partial charge in [0.2, 0.25) is 0 Å². The Balaban J connectivity index is 2.28.